The van der Waals surface area contributed by atoms with E-state index in [1.807, 2.05) is 13.8 Å². The smallest absolute Gasteiger partial charge is 0.281 e. The number of hydrogen-bond donors (Lipinski definition) is 1. The van der Waals surface area contributed by atoms with Crippen LogP contribution in [0.25, 0.3) is 0 Å². The van der Waals surface area contributed by atoms with Crippen molar-refractivity contribution in [3.63, 3.8) is 0 Å². The van der Waals surface area contributed by atoms with Gasteiger partial charge in [-0.05, 0) is 39.2 Å². The summed E-state index contributed by atoms with van der Waals surface area (Å²) in [7, 11) is -1.77. The zero-order valence-electron chi connectivity index (χ0n) is 12.2. The van der Waals surface area contributed by atoms with Crippen LogP contribution in [-0.4, -0.2) is 63.0 Å². The summed E-state index contributed by atoms with van der Waals surface area (Å²) in [6.07, 6.45) is 2.02. The maximum Gasteiger partial charge on any atom is 0.281 e. The van der Waals surface area contributed by atoms with E-state index in [1.54, 1.807) is 11.4 Å². The molecular formula is C12H27N3O3S. The lowest BCUT2D eigenvalue weighted by Gasteiger charge is -2.34. The number of nitrogens with two attached hydrogens (primary N) is 1. The van der Waals surface area contributed by atoms with Crippen molar-refractivity contribution >= 4 is 10.2 Å². The van der Waals surface area contributed by atoms with Gasteiger partial charge in [0, 0.05) is 26.7 Å². The van der Waals surface area contributed by atoms with Gasteiger partial charge in [0.1, 0.15) is 0 Å². The Morgan fingerprint density at radius 2 is 2.16 bits per heavy atom. The molecule has 1 unspecified atom stereocenters. The fourth-order valence-electron chi connectivity index (χ4n) is 2.16. The topological polar surface area (TPSA) is 75.9 Å². The van der Waals surface area contributed by atoms with Crippen molar-refractivity contribution in [2.45, 2.75) is 32.8 Å². The Labute approximate surface area is 117 Å². The van der Waals surface area contributed by atoms with E-state index in [-0.39, 0.29) is 12.0 Å². The highest BCUT2D eigenvalue weighted by Crippen LogP contribution is 2.19. The van der Waals surface area contributed by atoms with Crippen LogP contribution in [0.2, 0.25) is 0 Å². The summed E-state index contributed by atoms with van der Waals surface area (Å²) < 4.78 is 33.1. The molecule has 0 saturated carbocycles. The van der Waals surface area contributed by atoms with Gasteiger partial charge in [-0.1, -0.05) is 0 Å². The molecule has 2 N–H and O–H groups in total. The predicted octanol–water partition coefficient (Wildman–Crippen LogP) is 0.259. The van der Waals surface area contributed by atoms with Gasteiger partial charge >= 0.3 is 0 Å². The first-order valence-corrected chi connectivity index (χ1v) is 8.30. The quantitative estimate of drug-likeness (QED) is 0.730. The van der Waals surface area contributed by atoms with Gasteiger partial charge in [0.25, 0.3) is 10.2 Å². The number of nitrogens with zero attached hydrogens (tertiary/aromatic N) is 2. The zero-order valence-corrected chi connectivity index (χ0v) is 13.0. The normalized spacial score (nSPS) is 22.3. The van der Waals surface area contributed by atoms with E-state index in [0.717, 1.165) is 12.8 Å². The maximum atomic E-state index is 12.4. The molecule has 0 aromatic heterocycles. The molecule has 19 heavy (non-hydrogen) atoms. The second kappa shape index (κ2) is 7.54. The average molecular weight is 293 g/mol. The van der Waals surface area contributed by atoms with Gasteiger partial charge in [-0.15, -0.1) is 0 Å². The van der Waals surface area contributed by atoms with Gasteiger partial charge in [-0.3, -0.25) is 0 Å². The summed E-state index contributed by atoms with van der Waals surface area (Å²) in [5.41, 5.74) is 5.64. The molecule has 7 heteroatoms. The first-order valence-electron chi connectivity index (χ1n) is 6.91. The maximum absolute atomic E-state index is 12.4. The number of ether oxygens (including phenoxy) is 1. The Balaban J connectivity index is 2.53. The fraction of sp³-hybridized carbons (Fsp3) is 1.00. The van der Waals surface area contributed by atoms with Gasteiger partial charge < -0.3 is 10.5 Å². The minimum absolute atomic E-state index is 0.118. The first kappa shape index (κ1) is 16.8. The highest BCUT2D eigenvalue weighted by molar-refractivity contribution is 7.86. The molecule has 0 aromatic carbocycles. The number of piperidine rings is 1. The molecule has 1 fully saturated rings. The van der Waals surface area contributed by atoms with Gasteiger partial charge in [0.15, 0.2) is 0 Å². The summed E-state index contributed by atoms with van der Waals surface area (Å²) in [4.78, 5) is 0. The van der Waals surface area contributed by atoms with Crippen LogP contribution >= 0.6 is 0 Å². The van der Waals surface area contributed by atoms with E-state index in [2.05, 4.69) is 0 Å². The van der Waals surface area contributed by atoms with Gasteiger partial charge in [-0.2, -0.15) is 17.0 Å². The van der Waals surface area contributed by atoms with Crippen LogP contribution in [-0.2, 0) is 14.9 Å². The molecule has 1 heterocycles. The summed E-state index contributed by atoms with van der Waals surface area (Å²) in [6.45, 7) is 6.34. The standard InChI is InChI=1S/C12H27N3O3S/c1-11(2)18-8-7-14(3)19(16,17)15-6-4-5-12(9-13)10-15/h11-12H,4-10,13H2,1-3H3. The molecule has 0 aromatic rings. The molecule has 0 spiro atoms. The van der Waals surface area contributed by atoms with E-state index < -0.39 is 10.2 Å². The molecule has 0 aliphatic carbocycles. The Bertz CT molecular complexity index is 359. The molecule has 1 aliphatic heterocycles. The van der Waals surface area contributed by atoms with Crippen LogP contribution in [0.15, 0.2) is 0 Å². The third-order valence-electron chi connectivity index (χ3n) is 3.39. The van der Waals surface area contributed by atoms with E-state index >= 15 is 0 Å². The third-order valence-corrected chi connectivity index (χ3v) is 5.35. The van der Waals surface area contributed by atoms with Crippen molar-refractivity contribution in [2.24, 2.45) is 11.7 Å². The Morgan fingerprint density at radius 1 is 1.47 bits per heavy atom. The summed E-state index contributed by atoms with van der Waals surface area (Å²) >= 11 is 0. The minimum Gasteiger partial charge on any atom is -0.377 e. The Kier molecular flexibility index (Phi) is 6.68. The minimum atomic E-state index is -3.37. The molecule has 0 bridgehead atoms. The molecule has 0 amide bonds. The Hall–Kier alpha value is -0.210. The summed E-state index contributed by atoms with van der Waals surface area (Å²) in [6, 6.07) is 0. The predicted molar refractivity (Wildman–Crippen MR) is 76.0 cm³/mol. The lowest BCUT2D eigenvalue weighted by atomic mass is 10.0. The molecule has 1 rings (SSSR count). The highest BCUT2D eigenvalue weighted by Gasteiger charge is 2.31. The van der Waals surface area contributed by atoms with E-state index in [4.69, 9.17) is 10.5 Å². The third kappa shape index (κ3) is 5.00. The molecule has 1 saturated heterocycles. The van der Waals surface area contributed by atoms with E-state index in [1.165, 1.54) is 4.31 Å². The van der Waals surface area contributed by atoms with Crippen molar-refractivity contribution in [3.8, 4) is 0 Å². The highest BCUT2D eigenvalue weighted by atomic mass is 32.2. The van der Waals surface area contributed by atoms with Crippen LogP contribution in [0.4, 0.5) is 0 Å². The van der Waals surface area contributed by atoms with Crippen molar-refractivity contribution in [3.05, 3.63) is 0 Å². The van der Waals surface area contributed by atoms with Crippen LogP contribution < -0.4 is 5.73 Å². The zero-order chi connectivity index (χ0) is 14.5. The first-order chi connectivity index (χ1) is 8.87. The van der Waals surface area contributed by atoms with Crippen molar-refractivity contribution in [1.29, 1.82) is 0 Å². The number of hydrogen-bond acceptors (Lipinski definition) is 4. The van der Waals surface area contributed by atoms with Crippen molar-refractivity contribution < 1.29 is 13.2 Å². The average Bonchev–Trinajstić information content (AvgIpc) is 2.38. The van der Waals surface area contributed by atoms with Crippen molar-refractivity contribution in [2.75, 3.05) is 39.8 Å². The van der Waals surface area contributed by atoms with Gasteiger partial charge in [0.2, 0.25) is 0 Å². The van der Waals surface area contributed by atoms with Crippen molar-refractivity contribution in [1.82, 2.24) is 8.61 Å². The van der Waals surface area contributed by atoms with Crippen LogP contribution in [0.5, 0.6) is 0 Å². The SMILES string of the molecule is CC(C)OCCN(C)S(=O)(=O)N1CCCC(CN)C1. The fourth-order valence-corrected chi connectivity index (χ4v) is 3.62. The number of likely N-dealkylation sites (N-methyl/N-ethyl adjacent to an activating group) is 1. The number of rotatable bonds is 7. The molecule has 114 valence electrons. The monoisotopic (exact) mass is 293 g/mol. The lowest BCUT2D eigenvalue weighted by molar-refractivity contribution is 0.0727. The van der Waals surface area contributed by atoms with E-state index in [9.17, 15) is 8.42 Å². The summed E-state index contributed by atoms with van der Waals surface area (Å²) in [5.74, 6) is 0.281. The molecule has 1 aliphatic rings. The lowest BCUT2D eigenvalue weighted by Crippen LogP contribution is -2.48. The summed E-state index contributed by atoms with van der Waals surface area (Å²) in [5, 5.41) is 0. The van der Waals surface area contributed by atoms with E-state index in [0.29, 0.717) is 32.8 Å². The Morgan fingerprint density at radius 3 is 2.74 bits per heavy atom. The van der Waals surface area contributed by atoms with Crippen LogP contribution in [0.3, 0.4) is 0 Å². The van der Waals surface area contributed by atoms with Crippen LogP contribution in [0, 0.1) is 5.92 Å². The molecule has 1 atom stereocenters. The molecular weight excluding hydrogens is 266 g/mol. The molecule has 0 radical (unpaired) electrons. The van der Waals surface area contributed by atoms with Crippen LogP contribution in [0.1, 0.15) is 26.7 Å². The second-order valence-corrected chi connectivity index (χ2v) is 7.39. The van der Waals surface area contributed by atoms with Gasteiger partial charge in [0.05, 0.1) is 12.7 Å². The second-order valence-electron chi connectivity index (χ2n) is 5.35. The van der Waals surface area contributed by atoms with Gasteiger partial charge in [-0.25, -0.2) is 0 Å². The largest absolute Gasteiger partial charge is 0.377 e. The molecule has 6 nitrogen and oxygen atoms in total.